The Labute approximate surface area is 143 Å². The second-order valence-corrected chi connectivity index (χ2v) is 7.44. The summed E-state index contributed by atoms with van der Waals surface area (Å²) in [7, 11) is 0. The Balaban J connectivity index is 1.85. The van der Waals surface area contributed by atoms with Gasteiger partial charge in [0.25, 0.3) is 0 Å². The second-order valence-electron chi connectivity index (χ2n) is 7.44. The number of carbonyl (C=O) groups is 1. The molecule has 0 spiro atoms. The first-order valence-electron chi connectivity index (χ1n) is 8.89. The van der Waals surface area contributed by atoms with Crippen molar-refractivity contribution in [2.24, 2.45) is 23.7 Å². The number of hydrogen-bond donors (Lipinski definition) is 0. The number of ether oxygens (including phenoxy) is 2. The largest absolute Gasteiger partial charge is 0.472 e. The molecule has 0 N–H and O–H groups in total. The van der Waals surface area contributed by atoms with E-state index in [2.05, 4.69) is 44.2 Å². The lowest BCUT2D eigenvalue weighted by atomic mass is 9.59. The van der Waals surface area contributed by atoms with E-state index < -0.39 is 0 Å². The molecule has 3 heteroatoms. The van der Waals surface area contributed by atoms with Crippen LogP contribution in [0.3, 0.4) is 0 Å². The Hall–Kier alpha value is -1.87. The van der Waals surface area contributed by atoms with Gasteiger partial charge >= 0.3 is 0 Å². The SMILES string of the molecule is CC(C)[C@H]1[C@H]2C(=CO[C@H]3OCC[C@H]32)C=C(C=O)[C@@H]1c1ccccc1. The quantitative estimate of drug-likeness (QED) is 0.786. The Morgan fingerprint density at radius 1 is 1.21 bits per heavy atom. The first-order chi connectivity index (χ1) is 11.7. The molecule has 0 saturated carbocycles. The first kappa shape index (κ1) is 15.6. The van der Waals surface area contributed by atoms with E-state index in [-0.39, 0.29) is 12.2 Å². The molecule has 1 aliphatic carbocycles. The van der Waals surface area contributed by atoms with Crippen LogP contribution in [0.5, 0.6) is 0 Å². The standard InChI is InChI=1S/C21H24O3/c1-13(2)18-19(14-6-4-3-5-7-14)15(11-22)10-16-12-24-21-17(20(16)18)8-9-23-21/h3-7,10-13,17-21H,8-9H2,1-2H3/t17-,18+,19-,20-,21+/m0/s1. The second kappa shape index (κ2) is 6.21. The fraction of sp³-hybridized carbons (Fsp3) is 0.476. The number of fused-ring (bicyclic) bond motifs is 3. The summed E-state index contributed by atoms with van der Waals surface area (Å²) in [5, 5.41) is 0. The van der Waals surface area contributed by atoms with E-state index in [4.69, 9.17) is 9.47 Å². The maximum Gasteiger partial charge on any atom is 0.202 e. The average molecular weight is 324 g/mol. The summed E-state index contributed by atoms with van der Waals surface area (Å²) in [6.45, 7) is 5.30. The molecule has 0 radical (unpaired) electrons. The molecule has 1 saturated heterocycles. The van der Waals surface area contributed by atoms with Gasteiger partial charge in [0.05, 0.1) is 12.9 Å². The molecule has 3 aliphatic rings. The topological polar surface area (TPSA) is 35.5 Å². The molecule has 2 heterocycles. The molecule has 3 nitrogen and oxygen atoms in total. The van der Waals surface area contributed by atoms with Gasteiger partial charge in [-0.3, -0.25) is 4.79 Å². The molecular weight excluding hydrogens is 300 g/mol. The first-order valence-corrected chi connectivity index (χ1v) is 8.89. The fourth-order valence-electron chi connectivity index (χ4n) is 4.87. The summed E-state index contributed by atoms with van der Waals surface area (Å²) in [6, 6.07) is 10.4. The van der Waals surface area contributed by atoms with Gasteiger partial charge in [-0.05, 0) is 41.4 Å². The van der Waals surface area contributed by atoms with E-state index >= 15 is 0 Å². The number of benzene rings is 1. The van der Waals surface area contributed by atoms with Crippen LogP contribution in [0.2, 0.25) is 0 Å². The van der Waals surface area contributed by atoms with E-state index in [1.54, 1.807) is 0 Å². The van der Waals surface area contributed by atoms with Crippen molar-refractivity contribution in [2.45, 2.75) is 32.5 Å². The highest BCUT2D eigenvalue weighted by atomic mass is 16.7. The molecule has 1 aromatic rings. The van der Waals surface area contributed by atoms with Crippen LogP contribution in [-0.4, -0.2) is 19.2 Å². The van der Waals surface area contributed by atoms with Crippen LogP contribution in [-0.2, 0) is 14.3 Å². The van der Waals surface area contributed by atoms with Gasteiger partial charge in [-0.15, -0.1) is 0 Å². The molecule has 0 unspecified atom stereocenters. The number of aldehydes is 1. The van der Waals surface area contributed by atoms with Crippen molar-refractivity contribution in [1.29, 1.82) is 0 Å². The van der Waals surface area contributed by atoms with E-state index in [9.17, 15) is 4.79 Å². The number of carbonyl (C=O) groups excluding carboxylic acids is 1. The predicted molar refractivity (Wildman–Crippen MR) is 92.2 cm³/mol. The molecule has 1 fully saturated rings. The monoisotopic (exact) mass is 324 g/mol. The fourth-order valence-corrected chi connectivity index (χ4v) is 4.87. The molecule has 5 atom stereocenters. The normalized spacial score (nSPS) is 34.7. The highest BCUT2D eigenvalue weighted by molar-refractivity contribution is 5.78. The van der Waals surface area contributed by atoms with Gasteiger partial charge in [0, 0.05) is 17.4 Å². The zero-order chi connectivity index (χ0) is 16.7. The van der Waals surface area contributed by atoms with Crippen molar-refractivity contribution in [3.63, 3.8) is 0 Å². The van der Waals surface area contributed by atoms with Crippen molar-refractivity contribution in [2.75, 3.05) is 6.61 Å². The maximum atomic E-state index is 11.9. The predicted octanol–water partition coefficient (Wildman–Crippen LogP) is 4.07. The van der Waals surface area contributed by atoms with Crippen molar-refractivity contribution in [3.8, 4) is 0 Å². The molecule has 0 aromatic heterocycles. The van der Waals surface area contributed by atoms with Gasteiger partial charge < -0.3 is 9.47 Å². The lowest BCUT2D eigenvalue weighted by Crippen LogP contribution is -2.42. The third kappa shape index (κ3) is 2.42. The summed E-state index contributed by atoms with van der Waals surface area (Å²) in [5.74, 6) is 1.76. The third-order valence-electron chi connectivity index (χ3n) is 5.82. The molecule has 1 aromatic carbocycles. The van der Waals surface area contributed by atoms with Gasteiger partial charge in [0.1, 0.15) is 6.29 Å². The zero-order valence-corrected chi connectivity index (χ0v) is 14.2. The molecule has 126 valence electrons. The van der Waals surface area contributed by atoms with Crippen LogP contribution in [0.4, 0.5) is 0 Å². The van der Waals surface area contributed by atoms with Crippen LogP contribution in [0.25, 0.3) is 0 Å². The molecule has 2 aliphatic heterocycles. The Morgan fingerprint density at radius 2 is 2.00 bits per heavy atom. The molecule has 4 rings (SSSR count). The minimum Gasteiger partial charge on any atom is -0.472 e. The highest BCUT2D eigenvalue weighted by Crippen LogP contribution is 2.53. The smallest absolute Gasteiger partial charge is 0.202 e. The van der Waals surface area contributed by atoms with Gasteiger partial charge in [-0.2, -0.15) is 0 Å². The van der Waals surface area contributed by atoms with E-state index in [0.717, 1.165) is 30.5 Å². The molecule has 24 heavy (non-hydrogen) atoms. The summed E-state index contributed by atoms with van der Waals surface area (Å²) < 4.78 is 11.6. The number of rotatable bonds is 3. The van der Waals surface area contributed by atoms with Gasteiger partial charge in [0.2, 0.25) is 6.29 Å². The maximum absolute atomic E-state index is 11.9. The van der Waals surface area contributed by atoms with Gasteiger partial charge in [-0.1, -0.05) is 44.2 Å². The summed E-state index contributed by atoms with van der Waals surface area (Å²) in [5.41, 5.74) is 3.26. The minimum atomic E-state index is -0.123. The van der Waals surface area contributed by atoms with E-state index in [0.29, 0.717) is 23.7 Å². The van der Waals surface area contributed by atoms with Crippen molar-refractivity contribution in [1.82, 2.24) is 0 Å². The Bertz CT molecular complexity index is 674. The lowest BCUT2D eigenvalue weighted by Gasteiger charge is -2.46. The average Bonchev–Trinajstić information content (AvgIpc) is 3.09. The van der Waals surface area contributed by atoms with Crippen molar-refractivity contribution in [3.05, 3.63) is 59.4 Å². The highest BCUT2D eigenvalue weighted by Gasteiger charge is 2.49. The Kier molecular flexibility index (Phi) is 4.05. The summed E-state index contributed by atoms with van der Waals surface area (Å²) in [6.07, 6.45) is 5.82. The van der Waals surface area contributed by atoms with E-state index in [1.807, 2.05) is 12.3 Å². The molecular formula is C21H24O3. The van der Waals surface area contributed by atoms with Gasteiger partial charge in [0.15, 0.2) is 0 Å². The Morgan fingerprint density at radius 3 is 2.71 bits per heavy atom. The zero-order valence-electron chi connectivity index (χ0n) is 14.2. The summed E-state index contributed by atoms with van der Waals surface area (Å²) in [4.78, 5) is 11.9. The van der Waals surface area contributed by atoms with Crippen molar-refractivity contribution < 1.29 is 14.3 Å². The third-order valence-corrected chi connectivity index (χ3v) is 5.82. The lowest BCUT2D eigenvalue weighted by molar-refractivity contribution is -0.117. The van der Waals surface area contributed by atoms with Crippen LogP contribution >= 0.6 is 0 Å². The van der Waals surface area contributed by atoms with Crippen LogP contribution in [0, 0.1) is 23.7 Å². The molecule has 0 bridgehead atoms. The van der Waals surface area contributed by atoms with Crippen molar-refractivity contribution >= 4 is 6.29 Å². The summed E-state index contributed by atoms with van der Waals surface area (Å²) >= 11 is 0. The van der Waals surface area contributed by atoms with Crippen LogP contribution < -0.4 is 0 Å². The van der Waals surface area contributed by atoms with Gasteiger partial charge in [-0.25, -0.2) is 0 Å². The molecule has 0 amide bonds. The van der Waals surface area contributed by atoms with Crippen LogP contribution in [0.15, 0.2) is 53.8 Å². The number of hydrogen-bond acceptors (Lipinski definition) is 3. The van der Waals surface area contributed by atoms with E-state index in [1.165, 1.54) is 5.56 Å². The minimum absolute atomic E-state index is 0.123. The number of allylic oxidation sites excluding steroid dienone is 3. The van der Waals surface area contributed by atoms with Crippen LogP contribution in [0.1, 0.15) is 31.7 Å².